The number of rotatable bonds is 2. The molecule has 1 fully saturated rings. The van der Waals surface area contributed by atoms with Gasteiger partial charge in [0, 0.05) is 29.7 Å². The lowest BCUT2D eigenvalue weighted by molar-refractivity contribution is 0.376. The van der Waals surface area contributed by atoms with Crippen LogP contribution >= 0.6 is 11.6 Å². The number of nitrogens with zero attached hydrogens (tertiary/aromatic N) is 3. The number of piperidine rings is 1. The molecule has 3 N–H and O–H groups in total. The van der Waals surface area contributed by atoms with E-state index in [0.717, 1.165) is 47.4 Å². The van der Waals surface area contributed by atoms with Gasteiger partial charge in [0.1, 0.15) is 0 Å². The van der Waals surface area contributed by atoms with Crippen molar-refractivity contribution in [3.8, 4) is 11.4 Å². The summed E-state index contributed by atoms with van der Waals surface area (Å²) in [7, 11) is 0. The summed E-state index contributed by atoms with van der Waals surface area (Å²) < 4.78 is 0. The summed E-state index contributed by atoms with van der Waals surface area (Å²) in [6.07, 6.45) is 1.07. The molecule has 0 aliphatic carbocycles. The number of hydrogen-bond donors (Lipinski definition) is 2. The standard InChI is InChI=1S/C15H20ClN5/c1-9-5-6-21(8-13(9)17)15-18-14(19-20-15)11-3-4-12(16)10(2)7-11/h3-4,7,9,13H,5-6,8,17H2,1-2H3,(H,18,19,20). The number of benzene rings is 1. The molecule has 5 nitrogen and oxygen atoms in total. The summed E-state index contributed by atoms with van der Waals surface area (Å²) in [4.78, 5) is 6.74. The smallest absolute Gasteiger partial charge is 0.245 e. The number of hydrogen-bond acceptors (Lipinski definition) is 4. The van der Waals surface area contributed by atoms with Gasteiger partial charge < -0.3 is 10.6 Å². The van der Waals surface area contributed by atoms with Crippen molar-refractivity contribution in [1.82, 2.24) is 15.2 Å². The Kier molecular flexibility index (Phi) is 3.87. The molecule has 1 aromatic carbocycles. The van der Waals surface area contributed by atoms with Crippen LogP contribution in [0.3, 0.4) is 0 Å². The fraction of sp³-hybridized carbons (Fsp3) is 0.467. The molecule has 0 spiro atoms. The third kappa shape index (κ3) is 2.89. The first kappa shape index (κ1) is 14.4. The van der Waals surface area contributed by atoms with Crippen LogP contribution in [0.2, 0.25) is 5.02 Å². The van der Waals surface area contributed by atoms with Crippen LogP contribution < -0.4 is 10.6 Å². The Morgan fingerprint density at radius 2 is 2.24 bits per heavy atom. The number of nitrogens with one attached hydrogen (secondary N) is 1. The van der Waals surface area contributed by atoms with E-state index in [4.69, 9.17) is 17.3 Å². The second-order valence-electron chi connectivity index (χ2n) is 5.82. The molecular weight excluding hydrogens is 286 g/mol. The SMILES string of the molecule is Cc1cc(-c2nc(N3CCC(C)C(N)C3)n[nH]2)ccc1Cl. The van der Waals surface area contributed by atoms with Gasteiger partial charge in [0.2, 0.25) is 5.95 Å². The highest BCUT2D eigenvalue weighted by molar-refractivity contribution is 6.31. The number of aromatic amines is 1. The zero-order valence-corrected chi connectivity index (χ0v) is 13.1. The van der Waals surface area contributed by atoms with Crippen molar-refractivity contribution in [1.29, 1.82) is 0 Å². The van der Waals surface area contributed by atoms with Gasteiger partial charge in [-0.15, -0.1) is 5.10 Å². The molecule has 2 aromatic rings. The topological polar surface area (TPSA) is 70.8 Å². The van der Waals surface area contributed by atoms with E-state index in [1.165, 1.54) is 0 Å². The highest BCUT2D eigenvalue weighted by Gasteiger charge is 2.25. The van der Waals surface area contributed by atoms with Gasteiger partial charge in [-0.1, -0.05) is 18.5 Å². The largest absolute Gasteiger partial charge is 0.338 e. The lowest BCUT2D eigenvalue weighted by Gasteiger charge is -2.34. The fourth-order valence-corrected chi connectivity index (χ4v) is 2.71. The molecule has 2 atom stereocenters. The Morgan fingerprint density at radius 3 is 2.95 bits per heavy atom. The lowest BCUT2D eigenvalue weighted by atomic mass is 9.95. The Hall–Kier alpha value is -1.59. The molecule has 3 rings (SSSR count). The second kappa shape index (κ2) is 5.66. The lowest BCUT2D eigenvalue weighted by Crippen LogP contribution is -2.48. The fourth-order valence-electron chi connectivity index (χ4n) is 2.60. The molecule has 0 radical (unpaired) electrons. The van der Waals surface area contributed by atoms with Gasteiger partial charge in [0.05, 0.1) is 0 Å². The van der Waals surface area contributed by atoms with Crippen molar-refractivity contribution in [3.05, 3.63) is 28.8 Å². The Bertz CT molecular complexity index is 639. The normalized spacial score (nSPS) is 22.6. The van der Waals surface area contributed by atoms with Crippen molar-refractivity contribution in [2.75, 3.05) is 18.0 Å². The van der Waals surface area contributed by atoms with Crippen LogP contribution in [0, 0.1) is 12.8 Å². The third-order valence-corrected chi connectivity index (χ3v) is 4.63. The summed E-state index contributed by atoms with van der Waals surface area (Å²) >= 11 is 6.06. The van der Waals surface area contributed by atoms with E-state index < -0.39 is 0 Å². The zero-order valence-electron chi connectivity index (χ0n) is 12.3. The van der Waals surface area contributed by atoms with Crippen molar-refractivity contribution in [2.24, 2.45) is 11.7 Å². The molecule has 1 saturated heterocycles. The maximum atomic E-state index is 6.14. The predicted molar refractivity (Wildman–Crippen MR) is 85.5 cm³/mol. The minimum Gasteiger partial charge on any atom is -0.338 e. The maximum Gasteiger partial charge on any atom is 0.245 e. The average molecular weight is 306 g/mol. The van der Waals surface area contributed by atoms with Crippen LogP contribution in [-0.2, 0) is 0 Å². The van der Waals surface area contributed by atoms with Gasteiger partial charge in [-0.3, -0.25) is 5.10 Å². The van der Waals surface area contributed by atoms with Crippen LogP contribution in [0.15, 0.2) is 18.2 Å². The Morgan fingerprint density at radius 1 is 1.43 bits per heavy atom. The first-order valence-electron chi connectivity index (χ1n) is 7.24. The molecule has 2 heterocycles. The van der Waals surface area contributed by atoms with E-state index in [2.05, 4.69) is 27.0 Å². The Balaban J connectivity index is 1.81. The van der Waals surface area contributed by atoms with E-state index in [-0.39, 0.29) is 6.04 Å². The van der Waals surface area contributed by atoms with E-state index in [1.807, 2.05) is 25.1 Å². The van der Waals surface area contributed by atoms with Gasteiger partial charge in [0.25, 0.3) is 0 Å². The van der Waals surface area contributed by atoms with E-state index in [1.54, 1.807) is 0 Å². The average Bonchev–Trinajstić information content (AvgIpc) is 2.94. The van der Waals surface area contributed by atoms with Gasteiger partial charge >= 0.3 is 0 Å². The predicted octanol–water partition coefficient (Wildman–Crippen LogP) is 2.61. The quantitative estimate of drug-likeness (QED) is 0.894. The number of halogens is 1. The van der Waals surface area contributed by atoms with E-state index in [0.29, 0.717) is 5.92 Å². The van der Waals surface area contributed by atoms with Gasteiger partial charge in [-0.05, 0) is 43.0 Å². The highest BCUT2D eigenvalue weighted by Crippen LogP contribution is 2.25. The maximum absolute atomic E-state index is 6.14. The summed E-state index contributed by atoms with van der Waals surface area (Å²) in [6.45, 7) is 5.93. The van der Waals surface area contributed by atoms with Crippen molar-refractivity contribution in [2.45, 2.75) is 26.3 Å². The Labute approximate surface area is 129 Å². The molecule has 1 aliphatic heterocycles. The van der Waals surface area contributed by atoms with Crippen LogP contribution in [-0.4, -0.2) is 34.3 Å². The first-order chi connectivity index (χ1) is 10.0. The van der Waals surface area contributed by atoms with Crippen molar-refractivity contribution < 1.29 is 0 Å². The summed E-state index contributed by atoms with van der Waals surface area (Å²) in [6, 6.07) is 6.02. The molecule has 0 saturated carbocycles. The third-order valence-electron chi connectivity index (χ3n) is 4.20. The highest BCUT2D eigenvalue weighted by atomic mass is 35.5. The molecule has 1 aliphatic rings. The second-order valence-corrected chi connectivity index (χ2v) is 6.23. The number of H-pyrrole nitrogens is 1. The van der Waals surface area contributed by atoms with E-state index >= 15 is 0 Å². The number of aryl methyl sites for hydroxylation is 1. The summed E-state index contributed by atoms with van der Waals surface area (Å²) in [5.41, 5.74) is 8.16. The summed E-state index contributed by atoms with van der Waals surface area (Å²) in [5.74, 6) is 2.04. The van der Waals surface area contributed by atoms with Crippen LogP contribution in [0.4, 0.5) is 5.95 Å². The minimum atomic E-state index is 0.179. The first-order valence-corrected chi connectivity index (χ1v) is 7.62. The molecule has 112 valence electrons. The number of aromatic nitrogens is 3. The molecule has 1 aromatic heterocycles. The monoisotopic (exact) mass is 305 g/mol. The summed E-state index contributed by atoms with van der Waals surface area (Å²) in [5, 5.41) is 8.09. The minimum absolute atomic E-state index is 0.179. The van der Waals surface area contributed by atoms with Crippen molar-refractivity contribution >= 4 is 17.5 Å². The molecule has 0 amide bonds. The van der Waals surface area contributed by atoms with Crippen LogP contribution in [0.25, 0.3) is 11.4 Å². The number of nitrogens with two attached hydrogens (primary N) is 1. The van der Waals surface area contributed by atoms with Crippen LogP contribution in [0.1, 0.15) is 18.9 Å². The molecule has 21 heavy (non-hydrogen) atoms. The van der Waals surface area contributed by atoms with Gasteiger partial charge in [-0.25, -0.2) is 0 Å². The molecule has 6 heteroatoms. The van der Waals surface area contributed by atoms with Crippen LogP contribution in [0.5, 0.6) is 0 Å². The van der Waals surface area contributed by atoms with Gasteiger partial charge in [-0.2, -0.15) is 4.98 Å². The molecular formula is C15H20ClN5. The van der Waals surface area contributed by atoms with Crippen molar-refractivity contribution in [3.63, 3.8) is 0 Å². The van der Waals surface area contributed by atoms with E-state index in [9.17, 15) is 0 Å². The number of anilines is 1. The molecule has 2 unspecified atom stereocenters. The van der Waals surface area contributed by atoms with Gasteiger partial charge in [0.15, 0.2) is 5.82 Å². The zero-order chi connectivity index (χ0) is 15.0. The molecule has 0 bridgehead atoms.